The van der Waals surface area contributed by atoms with E-state index in [1.165, 1.54) is 110 Å². The van der Waals surface area contributed by atoms with Gasteiger partial charge in [0.15, 0.2) is 0 Å². The molecular formula is C29H50N2O. The number of likely N-dealkylation sites (tertiary alicyclic amines) is 2. The van der Waals surface area contributed by atoms with Crippen LogP contribution in [0.25, 0.3) is 0 Å². The van der Waals surface area contributed by atoms with Crippen LogP contribution in [-0.2, 0) is 0 Å². The number of fused-ring (bicyclic) bond motifs is 5. The van der Waals surface area contributed by atoms with Crippen LogP contribution in [0.5, 0.6) is 0 Å². The molecule has 6 rings (SSSR count). The Bertz CT molecular complexity index is 670. The highest BCUT2D eigenvalue weighted by Gasteiger charge is 2.61. The van der Waals surface area contributed by atoms with E-state index >= 15 is 0 Å². The number of hydrogen-bond donors (Lipinski definition) is 1. The van der Waals surface area contributed by atoms with Crippen molar-refractivity contribution in [3.63, 3.8) is 0 Å². The summed E-state index contributed by atoms with van der Waals surface area (Å²) >= 11 is 0. The number of aliphatic hydroxyl groups is 1. The molecule has 3 nitrogen and oxygen atoms in total. The molecule has 2 aliphatic heterocycles. The van der Waals surface area contributed by atoms with Crippen LogP contribution in [0.4, 0.5) is 0 Å². The molecule has 6 fully saturated rings. The summed E-state index contributed by atoms with van der Waals surface area (Å²) < 4.78 is 0. The first-order valence-electron chi connectivity index (χ1n) is 14.6. The lowest BCUT2D eigenvalue weighted by atomic mass is 9.44. The van der Waals surface area contributed by atoms with Crippen molar-refractivity contribution in [2.24, 2.45) is 34.5 Å². The molecule has 1 N–H and O–H groups in total. The predicted octanol–water partition coefficient (Wildman–Crippen LogP) is 5.71. The fraction of sp³-hybridized carbons (Fsp3) is 1.00. The number of hydrogen-bond acceptors (Lipinski definition) is 3. The third kappa shape index (κ3) is 3.63. The first-order chi connectivity index (χ1) is 15.5. The second-order valence-corrected chi connectivity index (χ2v) is 13.7. The Morgan fingerprint density at radius 3 is 2.12 bits per heavy atom. The average molecular weight is 443 g/mol. The van der Waals surface area contributed by atoms with Crippen molar-refractivity contribution < 1.29 is 5.11 Å². The molecule has 0 unspecified atom stereocenters. The summed E-state index contributed by atoms with van der Waals surface area (Å²) in [4.78, 5) is 5.60. The van der Waals surface area contributed by atoms with Gasteiger partial charge < -0.3 is 10.0 Å². The molecule has 0 aromatic rings. The maximum Gasteiger partial charge on any atom is 0.0698 e. The molecule has 4 saturated carbocycles. The molecule has 2 saturated heterocycles. The molecule has 0 aromatic heterocycles. The third-order valence-electron chi connectivity index (χ3n) is 12.2. The quantitative estimate of drug-likeness (QED) is 0.593. The topological polar surface area (TPSA) is 26.7 Å². The number of piperidine rings is 2. The van der Waals surface area contributed by atoms with Gasteiger partial charge in [0.1, 0.15) is 0 Å². The molecule has 4 aliphatic carbocycles. The number of aliphatic hydroxyl groups excluding tert-OH is 1. The Kier molecular flexibility index (Phi) is 5.95. The average Bonchev–Trinajstić information content (AvgIpc) is 3.18. The molecule has 0 amide bonds. The Balaban J connectivity index is 1.22. The fourth-order valence-electron chi connectivity index (χ4n) is 10.5. The fourth-order valence-corrected chi connectivity index (χ4v) is 10.5. The highest BCUT2D eigenvalue weighted by atomic mass is 16.3. The van der Waals surface area contributed by atoms with E-state index in [0.717, 1.165) is 36.1 Å². The van der Waals surface area contributed by atoms with Crippen molar-refractivity contribution in [1.29, 1.82) is 0 Å². The summed E-state index contributed by atoms with van der Waals surface area (Å²) in [7, 11) is 0. The summed E-state index contributed by atoms with van der Waals surface area (Å²) in [6, 6.07) is 1.32. The molecule has 0 radical (unpaired) electrons. The van der Waals surface area contributed by atoms with Gasteiger partial charge in [0.25, 0.3) is 0 Å². The van der Waals surface area contributed by atoms with Gasteiger partial charge in [-0.3, -0.25) is 4.90 Å². The minimum atomic E-state index is -0.0773. The van der Waals surface area contributed by atoms with Crippen LogP contribution < -0.4 is 0 Å². The van der Waals surface area contributed by atoms with E-state index in [-0.39, 0.29) is 6.10 Å². The molecular weight excluding hydrogens is 392 g/mol. The summed E-state index contributed by atoms with van der Waals surface area (Å²) in [6.45, 7) is 10.6. The van der Waals surface area contributed by atoms with Gasteiger partial charge in [0, 0.05) is 12.1 Å². The molecule has 32 heavy (non-hydrogen) atoms. The van der Waals surface area contributed by atoms with Crippen LogP contribution in [0.3, 0.4) is 0 Å². The Morgan fingerprint density at radius 2 is 1.41 bits per heavy atom. The zero-order chi connectivity index (χ0) is 21.9. The lowest BCUT2D eigenvalue weighted by Crippen LogP contribution is -2.59. The zero-order valence-electron chi connectivity index (χ0n) is 21.1. The van der Waals surface area contributed by atoms with E-state index in [1.54, 1.807) is 0 Å². The van der Waals surface area contributed by atoms with Crippen LogP contribution in [-0.4, -0.2) is 59.3 Å². The van der Waals surface area contributed by atoms with Crippen molar-refractivity contribution in [2.75, 3.05) is 26.2 Å². The van der Waals surface area contributed by atoms with Gasteiger partial charge in [0.05, 0.1) is 6.10 Å². The molecule has 0 bridgehead atoms. The summed E-state index contributed by atoms with van der Waals surface area (Å²) in [6.07, 6.45) is 19.5. The minimum absolute atomic E-state index is 0.0773. The molecule has 3 heteroatoms. The first kappa shape index (κ1) is 22.4. The molecule has 6 aliphatic rings. The van der Waals surface area contributed by atoms with Crippen LogP contribution in [0.1, 0.15) is 104 Å². The van der Waals surface area contributed by atoms with Gasteiger partial charge in [-0.2, -0.15) is 0 Å². The number of rotatable bonds is 2. The van der Waals surface area contributed by atoms with Gasteiger partial charge in [-0.15, -0.1) is 0 Å². The van der Waals surface area contributed by atoms with Crippen LogP contribution in [0, 0.1) is 34.5 Å². The third-order valence-corrected chi connectivity index (χ3v) is 12.2. The number of nitrogens with zero attached hydrogens (tertiary/aromatic N) is 2. The minimum Gasteiger partial charge on any atom is -0.391 e. The lowest BCUT2D eigenvalue weighted by molar-refractivity contribution is -0.146. The van der Waals surface area contributed by atoms with Crippen LogP contribution in [0.15, 0.2) is 0 Å². The zero-order valence-corrected chi connectivity index (χ0v) is 21.1. The highest BCUT2D eigenvalue weighted by molar-refractivity contribution is 5.11. The van der Waals surface area contributed by atoms with Gasteiger partial charge in [-0.05, 0) is 138 Å². The normalized spacial score (nSPS) is 52.8. The standard InChI is InChI=1S/C29H50N2O/c1-28-12-11-24-23(25(28)18-22(19-28)30-13-5-3-6-14-30)10-9-21-17-27(32)26(20-29(21,24)2)31-15-7-4-8-16-31/h21-27,32H,3-20H2,1-2H3/t21-,22-,23+,24-,25-,26-,27-,28+,29-/m0/s1. The van der Waals surface area contributed by atoms with Crippen molar-refractivity contribution in [3.05, 3.63) is 0 Å². The maximum absolute atomic E-state index is 11.2. The van der Waals surface area contributed by atoms with E-state index in [2.05, 4.69) is 23.6 Å². The van der Waals surface area contributed by atoms with Crippen molar-refractivity contribution in [2.45, 2.75) is 122 Å². The Labute approximate surface area is 197 Å². The largest absolute Gasteiger partial charge is 0.391 e. The molecule has 182 valence electrons. The van der Waals surface area contributed by atoms with Crippen molar-refractivity contribution in [1.82, 2.24) is 9.80 Å². The Hall–Kier alpha value is -0.120. The molecule has 9 atom stereocenters. The van der Waals surface area contributed by atoms with Gasteiger partial charge >= 0.3 is 0 Å². The smallest absolute Gasteiger partial charge is 0.0698 e. The van der Waals surface area contributed by atoms with E-state index in [0.29, 0.717) is 16.9 Å². The summed E-state index contributed by atoms with van der Waals surface area (Å²) in [5.41, 5.74) is 1.07. The highest BCUT2D eigenvalue weighted by Crippen LogP contribution is 2.66. The van der Waals surface area contributed by atoms with Crippen LogP contribution in [0.2, 0.25) is 0 Å². The van der Waals surface area contributed by atoms with Crippen molar-refractivity contribution in [3.8, 4) is 0 Å². The Morgan fingerprint density at radius 1 is 0.719 bits per heavy atom. The van der Waals surface area contributed by atoms with Crippen LogP contribution >= 0.6 is 0 Å². The first-order valence-corrected chi connectivity index (χ1v) is 14.6. The predicted molar refractivity (Wildman–Crippen MR) is 132 cm³/mol. The van der Waals surface area contributed by atoms with Gasteiger partial charge in [0.2, 0.25) is 0 Å². The molecule has 0 spiro atoms. The monoisotopic (exact) mass is 442 g/mol. The van der Waals surface area contributed by atoms with E-state index in [9.17, 15) is 5.11 Å². The summed E-state index contributed by atoms with van der Waals surface area (Å²) in [5.74, 6) is 3.61. The van der Waals surface area contributed by atoms with Gasteiger partial charge in [-0.1, -0.05) is 26.7 Å². The van der Waals surface area contributed by atoms with Crippen molar-refractivity contribution >= 4 is 0 Å². The second kappa shape index (κ2) is 8.52. The molecule has 2 heterocycles. The van der Waals surface area contributed by atoms with Gasteiger partial charge in [-0.25, -0.2) is 0 Å². The van der Waals surface area contributed by atoms with E-state index < -0.39 is 0 Å². The summed E-state index contributed by atoms with van der Waals surface area (Å²) in [5, 5.41) is 11.2. The maximum atomic E-state index is 11.2. The lowest BCUT2D eigenvalue weighted by Gasteiger charge is -2.62. The SMILES string of the molecule is C[C@]12CC[C@H]3[C@@H](CC[C@H]4C[C@H](O)[C@@H](N5CCCCC5)C[C@@]43C)[C@@H]1C[C@H](N1CCCCC1)C2. The van der Waals surface area contributed by atoms with E-state index in [1.807, 2.05) is 0 Å². The molecule has 0 aromatic carbocycles. The second-order valence-electron chi connectivity index (χ2n) is 13.7. The van der Waals surface area contributed by atoms with E-state index in [4.69, 9.17) is 0 Å².